The van der Waals surface area contributed by atoms with Crippen molar-refractivity contribution in [3.8, 4) is 6.19 Å². The van der Waals surface area contributed by atoms with E-state index in [1.54, 1.807) is 6.19 Å². The molecule has 0 aromatic carbocycles. The third-order valence-corrected chi connectivity index (χ3v) is 2.16. The lowest BCUT2D eigenvalue weighted by molar-refractivity contribution is 0.314. The van der Waals surface area contributed by atoms with Crippen LogP contribution in [0.3, 0.4) is 0 Å². The lowest BCUT2D eigenvalue weighted by Crippen LogP contribution is -2.47. The van der Waals surface area contributed by atoms with Crippen molar-refractivity contribution < 1.29 is 0 Å². The molecule has 14 heavy (non-hydrogen) atoms. The number of guanidine groups is 1. The third-order valence-electron chi connectivity index (χ3n) is 2.16. The Hall–Kier alpha value is -1.24. The minimum atomic E-state index is 0.144. The van der Waals surface area contributed by atoms with Crippen molar-refractivity contribution in [1.29, 1.82) is 5.26 Å². The Balaban J connectivity index is 4.33. The van der Waals surface area contributed by atoms with Crippen molar-refractivity contribution in [2.24, 2.45) is 10.4 Å². The zero-order chi connectivity index (χ0) is 11.2. The molecule has 4 nitrogen and oxygen atoms in total. The smallest absolute Gasteiger partial charge is 0.209 e. The SMILES string of the molecule is CCN/C(=N\C#N)NC(C)C(C)(C)C. The zero-order valence-electron chi connectivity index (χ0n) is 9.68. The number of aliphatic imine (C=N–C) groups is 1. The normalized spacial score (nSPS) is 14.4. The second-order valence-corrected chi connectivity index (χ2v) is 4.32. The molecule has 0 amide bonds. The molecule has 0 rings (SSSR count). The van der Waals surface area contributed by atoms with E-state index in [2.05, 4.69) is 43.3 Å². The lowest BCUT2D eigenvalue weighted by Gasteiger charge is -2.29. The Kier molecular flexibility index (Phi) is 5.00. The van der Waals surface area contributed by atoms with Crippen LogP contribution in [0.4, 0.5) is 0 Å². The van der Waals surface area contributed by atoms with Crippen LogP contribution in [0.25, 0.3) is 0 Å². The molecule has 0 radical (unpaired) electrons. The summed E-state index contributed by atoms with van der Waals surface area (Å²) in [6, 6.07) is 0.258. The van der Waals surface area contributed by atoms with Gasteiger partial charge in [-0.15, -0.1) is 4.99 Å². The quantitative estimate of drug-likeness (QED) is 0.399. The van der Waals surface area contributed by atoms with Crippen LogP contribution in [0.1, 0.15) is 34.6 Å². The summed E-state index contributed by atoms with van der Waals surface area (Å²) >= 11 is 0. The van der Waals surface area contributed by atoms with Gasteiger partial charge in [-0.2, -0.15) is 5.26 Å². The maximum atomic E-state index is 8.46. The number of rotatable bonds is 2. The van der Waals surface area contributed by atoms with E-state index in [4.69, 9.17) is 5.26 Å². The number of hydrogen-bond donors (Lipinski definition) is 2. The van der Waals surface area contributed by atoms with Crippen LogP contribution in [0, 0.1) is 16.9 Å². The van der Waals surface area contributed by atoms with Crippen molar-refractivity contribution in [3.05, 3.63) is 0 Å². The minimum Gasteiger partial charge on any atom is -0.356 e. The highest BCUT2D eigenvalue weighted by Crippen LogP contribution is 2.18. The second-order valence-electron chi connectivity index (χ2n) is 4.32. The van der Waals surface area contributed by atoms with Gasteiger partial charge in [0.05, 0.1) is 0 Å². The van der Waals surface area contributed by atoms with Crippen LogP contribution in [0.2, 0.25) is 0 Å². The Morgan fingerprint density at radius 3 is 2.43 bits per heavy atom. The first-order valence-electron chi connectivity index (χ1n) is 4.89. The molecule has 2 N–H and O–H groups in total. The van der Waals surface area contributed by atoms with E-state index in [1.165, 1.54) is 0 Å². The van der Waals surface area contributed by atoms with E-state index in [-0.39, 0.29) is 11.5 Å². The first-order valence-corrected chi connectivity index (χ1v) is 4.89. The van der Waals surface area contributed by atoms with Gasteiger partial charge in [-0.1, -0.05) is 20.8 Å². The molecule has 1 atom stereocenters. The van der Waals surface area contributed by atoms with Gasteiger partial charge in [0.2, 0.25) is 12.2 Å². The molecule has 0 aliphatic rings. The van der Waals surface area contributed by atoms with E-state index in [0.717, 1.165) is 6.54 Å². The van der Waals surface area contributed by atoms with Crippen LogP contribution < -0.4 is 10.6 Å². The highest BCUT2D eigenvalue weighted by Gasteiger charge is 2.20. The third kappa shape index (κ3) is 4.70. The van der Waals surface area contributed by atoms with Gasteiger partial charge in [0.1, 0.15) is 0 Å². The topological polar surface area (TPSA) is 60.2 Å². The van der Waals surface area contributed by atoms with Crippen molar-refractivity contribution in [3.63, 3.8) is 0 Å². The molecule has 0 spiro atoms. The van der Waals surface area contributed by atoms with Gasteiger partial charge in [-0.05, 0) is 19.3 Å². The van der Waals surface area contributed by atoms with Gasteiger partial charge in [0, 0.05) is 12.6 Å². The van der Waals surface area contributed by atoms with Crippen LogP contribution in [0.15, 0.2) is 4.99 Å². The number of nitrogens with zero attached hydrogens (tertiary/aromatic N) is 2. The van der Waals surface area contributed by atoms with Gasteiger partial charge in [-0.25, -0.2) is 0 Å². The summed E-state index contributed by atoms with van der Waals surface area (Å²) in [5, 5.41) is 14.6. The number of nitrogens with one attached hydrogen (secondary N) is 2. The minimum absolute atomic E-state index is 0.144. The fourth-order valence-corrected chi connectivity index (χ4v) is 0.762. The molecule has 80 valence electrons. The van der Waals surface area contributed by atoms with Crippen molar-refractivity contribution >= 4 is 5.96 Å². The van der Waals surface area contributed by atoms with Gasteiger partial charge in [0.25, 0.3) is 0 Å². The lowest BCUT2D eigenvalue weighted by atomic mass is 9.88. The summed E-state index contributed by atoms with van der Waals surface area (Å²) in [7, 11) is 0. The van der Waals surface area contributed by atoms with Gasteiger partial charge < -0.3 is 10.6 Å². The van der Waals surface area contributed by atoms with Gasteiger partial charge in [0.15, 0.2) is 0 Å². The van der Waals surface area contributed by atoms with Crippen LogP contribution >= 0.6 is 0 Å². The van der Waals surface area contributed by atoms with Gasteiger partial charge in [-0.3, -0.25) is 0 Å². The molecule has 1 unspecified atom stereocenters. The molecule has 4 heteroatoms. The maximum Gasteiger partial charge on any atom is 0.209 e. The fraction of sp³-hybridized carbons (Fsp3) is 0.800. The van der Waals surface area contributed by atoms with Crippen molar-refractivity contribution in [2.75, 3.05) is 6.54 Å². The highest BCUT2D eigenvalue weighted by molar-refractivity contribution is 5.80. The summed E-state index contributed by atoms with van der Waals surface area (Å²) in [5.41, 5.74) is 0.144. The molecule has 0 saturated heterocycles. The van der Waals surface area contributed by atoms with E-state index in [9.17, 15) is 0 Å². The predicted molar refractivity (Wildman–Crippen MR) is 58.8 cm³/mol. The van der Waals surface area contributed by atoms with Crippen LogP contribution in [0.5, 0.6) is 0 Å². The average molecular weight is 196 g/mol. The predicted octanol–water partition coefficient (Wildman–Crippen LogP) is 1.46. The summed E-state index contributed by atoms with van der Waals surface area (Å²) in [6.45, 7) is 11.2. The Morgan fingerprint density at radius 1 is 1.50 bits per heavy atom. The molecule has 0 bridgehead atoms. The number of nitriles is 1. The van der Waals surface area contributed by atoms with E-state index >= 15 is 0 Å². The Bertz CT molecular complexity index is 231. The van der Waals surface area contributed by atoms with Crippen molar-refractivity contribution in [1.82, 2.24) is 10.6 Å². The highest BCUT2D eigenvalue weighted by atomic mass is 15.2. The average Bonchev–Trinajstić information content (AvgIpc) is 2.03. The first-order chi connectivity index (χ1) is 6.41. The molecule has 0 aliphatic carbocycles. The summed E-state index contributed by atoms with van der Waals surface area (Å²) in [4.78, 5) is 3.67. The zero-order valence-corrected chi connectivity index (χ0v) is 9.68. The second kappa shape index (κ2) is 5.48. The molecular formula is C10H20N4. The molecule has 0 aromatic rings. The molecule has 0 fully saturated rings. The standard InChI is InChI=1S/C10H20N4/c1-6-12-9(13-7-11)14-8(2)10(3,4)5/h8H,6H2,1-5H3,(H2,12,13,14). The number of hydrogen-bond acceptors (Lipinski definition) is 2. The van der Waals surface area contributed by atoms with Crippen LogP contribution in [-0.2, 0) is 0 Å². The molecule has 0 saturated carbocycles. The fourth-order valence-electron chi connectivity index (χ4n) is 0.762. The first kappa shape index (κ1) is 12.8. The van der Waals surface area contributed by atoms with Crippen molar-refractivity contribution in [2.45, 2.75) is 40.7 Å². The molecule has 0 aromatic heterocycles. The monoisotopic (exact) mass is 196 g/mol. The molecule has 0 heterocycles. The largest absolute Gasteiger partial charge is 0.356 e. The van der Waals surface area contributed by atoms with E-state index < -0.39 is 0 Å². The van der Waals surface area contributed by atoms with E-state index in [1.807, 2.05) is 6.92 Å². The van der Waals surface area contributed by atoms with Crippen LogP contribution in [-0.4, -0.2) is 18.5 Å². The van der Waals surface area contributed by atoms with Gasteiger partial charge >= 0.3 is 0 Å². The maximum absolute atomic E-state index is 8.46. The Morgan fingerprint density at radius 2 is 2.07 bits per heavy atom. The summed E-state index contributed by atoms with van der Waals surface area (Å²) < 4.78 is 0. The summed E-state index contributed by atoms with van der Waals surface area (Å²) in [6.07, 6.45) is 1.77. The van der Waals surface area contributed by atoms with E-state index in [0.29, 0.717) is 5.96 Å². The Labute approximate surface area is 86.4 Å². The molecular weight excluding hydrogens is 176 g/mol. The molecule has 0 aliphatic heterocycles. The summed E-state index contributed by atoms with van der Waals surface area (Å²) in [5.74, 6) is 0.553.